The Morgan fingerprint density at radius 1 is 1.25 bits per heavy atom. The average molecular weight is 296 g/mol. The maximum absolute atomic E-state index is 12.8. The van der Waals surface area contributed by atoms with Gasteiger partial charge in [-0.3, -0.25) is 0 Å². The molecule has 0 amide bonds. The molecule has 1 aliphatic heterocycles. The topological polar surface area (TPSA) is 63.4 Å². The third-order valence-electron chi connectivity index (χ3n) is 4.46. The number of hydrogen-bond acceptors (Lipinski definition) is 3. The highest BCUT2D eigenvalue weighted by atomic mass is 32.2. The summed E-state index contributed by atoms with van der Waals surface area (Å²) in [6.45, 7) is 7.12. The molecule has 2 N–H and O–H groups in total. The zero-order valence-electron chi connectivity index (χ0n) is 12.5. The number of aryl methyl sites for hydroxylation is 1. The Balaban J connectivity index is 2.35. The fraction of sp³-hybridized carbons (Fsp3) is 0.600. The highest BCUT2D eigenvalue weighted by Gasteiger charge is 2.31. The van der Waals surface area contributed by atoms with Gasteiger partial charge in [-0.05, 0) is 49.8 Å². The SMILES string of the molecule is CCC1CCN(S(=O)(=O)c2c(N)ccc(C)c2C)CC1. The van der Waals surface area contributed by atoms with E-state index in [2.05, 4.69) is 6.92 Å². The molecule has 20 heavy (non-hydrogen) atoms. The number of nitrogens with zero attached hydrogens (tertiary/aromatic N) is 1. The van der Waals surface area contributed by atoms with Crippen molar-refractivity contribution in [1.82, 2.24) is 4.31 Å². The quantitative estimate of drug-likeness (QED) is 0.872. The Kier molecular flexibility index (Phi) is 4.39. The summed E-state index contributed by atoms with van der Waals surface area (Å²) in [5, 5.41) is 0. The summed E-state index contributed by atoms with van der Waals surface area (Å²) in [6.07, 6.45) is 3.01. The van der Waals surface area contributed by atoms with Gasteiger partial charge < -0.3 is 5.73 Å². The molecule has 5 heteroatoms. The molecule has 0 radical (unpaired) electrons. The van der Waals surface area contributed by atoms with Crippen LogP contribution < -0.4 is 5.73 Å². The maximum atomic E-state index is 12.8. The van der Waals surface area contributed by atoms with E-state index >= 15 is 0 Å². The lowest BCUT2D eigenvalue weighted by atomic mass is 9.96. The van der Waals surface area contributed by atoms with Crippen LogP contribution in [0.5, 0.6) is 0 Å². The van der Waals surface area contributed by atoms with E-state index < -0.39 is 10.0 Å². The van der Waals surface area contributed by atoms with Gasteiger partial charge in [-0.1, -0.05) is 19.4 Å². The minimum Gasteiger partial charge on any atom is -0.398 e. The van der Waals surface area contributed by atoms with Crippen LogP contribution in [0.25, 0.3) is 0 Å². The fourth-order valence-electron chi connectivity index (χ4n) is 2.84. The molecule has 1 fully saturated rings. The third-order valence-corrected chi connectivity index (χ3v) is 6.56. The Hall–Kier alpha value is -1.07. The zero-order valence-corrected chi connectivity index (χ0v) is 13.3. The van der Waals surface area contributed by atoms with Crippen molar-refractivity contribution in [2.24, 2.45) is 5.92 Å². The smallest absolute Gasteiger partial charge is 0.245 e. The second-order valence-electron chi connectivity index (χ2n) is 5.68. The van der Waals surface area contributed by atoms with Gasteiger partial charge in [0.2, 0.25) is 10.0 Å². The van der Waals surface area contributed by atoms with E-state index in [0.29, 0.717) is 29.6 Å². The van der Waals surface area contributed by atoms with Crippen LogP contribution in [0.4, 0.5) is 5.69 Å². The molecule has 0 unspecified atom stereocenters. The minimum atomic E-state index is -3.47. The largest absolute Gasteiger partial charge is 0.398 e. The Labute approximate surface area is 122 Å². The second-order valence-corrected chi connectivity index (χ2v) is 7.56. The van der Waals surface area contributed by atoms with Crippen molar-refractivity contribution in [2.75, 3.05) is 18.8 Å². The van der Waals surface area contributed by atoms with E-state index in [1.54, 1.807) is 10.4 Å². The zero-order chi connectivity index (χ0) is 14.9. The molecule has 1 saturated heterocycles. The van der Waals surface area contributed by atoms with Gasteiger partial charge in [0.15, 0.2) is 0 Å². The van der Waals surface area contributed by atoms with E-state index in [-0.39, 0.29) is 0 Å². The van der Waals surface area contributed by atoms with Gasteiger partial charge in [-0.25, -0.2) is 8.42 Å². The molecule has 1 aliphatic rings. The van der Waals surface area contributed by atoms with Gasteiger partial charge >= 0.3 is 0 Å². The van der Waals surface area contributed by atoms with Crippen LogP contribution in [0, 0.1) is 19.8 Å². The number of rotatable bonds is 3. The molecule has 0 atom stereocenters. The molecule has 4 nitrogen and oxygen atoms in total. The van der Waals surface area contributed by atoms with Gasteiger partial charge in [0.05, 0.1) is 5.69 Å². The molecule has 0 spiro atoms. The van der Waals surface area contributed by atoms with Crippen LogP contribution in [-0.2, 0) is 10.0 Å². The van der Waals surface area contributed by atoms with Gasteiger partial charge in [0.1, 0.15) is 4.90 Å². The van der Waals surface area contributed by atoms with Crippen LogP contribution in [-0.4, -0.2) is 25.8 Å². The van der Waals surface area contributed by atoms with Crippen molar-refractivity contribution in [3.63, 3.8) is 0 Å². The lowest BCUT2D eigenvalue weighted by Gasteiger charge is -2.31. The Bertz CT molecular complexity index is 588. The van der Waals surface area contributed by atoms with E-state index in [0.717, 1.165) is 30.4 Å². The Morgan fingerprint density at radius 2 is 1.85 bits per heavy atom. The summed E-state index contributed by atoms with van der Waals surface area (Å²) in [5.74, 6) is 0.650. The summed E-state index contributed by atoms with van der Waals surface area (Å²) < 4.78 is 27.2. The van der Waals surface area contributed by atoms with Crippen LogP contribution in [0.2, 0.25) is 0 Å². The van der Waals surface area contributed by atoms with Gasteiger partial charge in [-0.15, -0.1) is 0 Å². The van der Waals surface area contributed by atoms with Crippen molar-refractivity contribution >= 4 is 15.7 Å². The predicted molar refractivity (Wildman–Crippen MR) is 82.1 cm³/mol. The van der Waals surface area contributed by atoms with Crippen molar-refractivity contribution in [3.05, 3.63) is 23.3 Å². The van der Waals surface area contributed by atoms with E-state index in [1.807, 2.05) is 19.9 Å². The van der Waals surface area contributed by atoms with E-state index in [4.69, 9.17) is 5.73 Å². The first kappa shape index (κ1) is 15.3. The van der Waals surface area contributed by atoms with Crippen LogP contribution in [0.15, 0.2) is 17.0 Å². The number of benzene rings is 1. The molecule has 112 valence electrons. The van der Waals surface area contributed by atoms with Crippen molar-refractivity contribution in [3.8, 4) is 0 Å². The fourth-order valence-corrected chi connectivity index (χ4v) is 4.70. The molecular weight excluding hydrogens is 272 g/mol. The standard InChI is InChI=1S/C15H24N2O2S/c1-4-13-7-9-17(10-8-13)20(18,19)15-12(3)11(2)5-6-14(15)16/h5-6,13H,4,7-10,16H2,1-3H3. The number of piperidine rings is 1. The van der Waals surface area contributed by atoms with Crippen molar-refractivity contribution in [2.45, 2.75) is 44.9 Å². The predicted octanol–water partition coefficient (Wildman–Crippen LogP) is 2.70. The average Bonchev–Trinajstić information content (AvgIpc) is 2.43. The maximum Gasteiger partial charge on any atom is 0.245 e. The van der Waals surface area contributed by atoms with Crippen molar-refractivity contribution in [1.29, 1.82) is 0 Å². The number of anilines is 1. The third kappa shape index (κ3) is 2.69. The first-order chi connectivity index (χ1) is 9.37. The summed E-state index contributed by atoms with van der Waals surface area (Å²) in [6, 6.07) is 3.56. The minimum absolute atomic E-state index is 0.299. The second kappa shape index (κ2) is 5.74. The van der Waals surface area contributed by atoms with Crippen LogP contribution in [0.1, 0.15) is 37.3 Å². The van der Waals surface area contributed by atoms with E-state index in [1.165, 1.54) is 0 Å². The first-order valence-electron chi connectivity index (χ1n) is 7.23. The first-order valence-corrected chi connectivity index (χ1v) is 8.67. The normalized spacial score (nSPS) is 18.4. The van der Waals surface area contributed by atoms with Crippen LogP contribution >= 0.6 is 0 Å². The molecule has 0 saturated carbocycles. The number of hydrogen-bond donors (Lipinski definition) is 1. The monoisotopic (exact) mass is 296 g/mol. The lowest BCUT2D eigenvalue weighted by Crippen LogP contribution is -2.39. The van der Waals surface area contributed by atoms with Gasteiger partial charge in [0, 0.05) is 13.1 Å². The summed E-state index contributed by atoms with van der Waals surface area (Å²) in [5.41, 5.74) is 8.01. The molecule has 1 aromatic carbocycles. The molecule has 2 rings (SSSR count). The van der Waals surface area contributed by atoms with Crippen molar-refractivity contribution < 1.29 is 8.42 Å². The van der Waals surface area contributed by atoms with Gasteiger partial charge in [-0.2, -0.15) is 4.31 Å². The summed E-state index contributed by atoms with van der Waals surface area (Å²) in [4.78, 5) is 0.299. The number of nitrogen functional groups attached to an aromatic ring is 1. The molecule has 0 bridgehead atoms. The molecule has 1 aromatic rings. The summed E-state index contributed by atoms with van der Waals surface area (Å²) in [7, 11) is -3.47. The molecule has 0 aliphatic carbocycles. The Morgan fingerprint density at radius 3 is 2.40 bits per heavy atom. The highest BCUT2D eigenvalue weighted by Crippen LogP contribution is 2.31. The lowest BCUT2D eigenvalue weighted by molar-refractivity contribution is 0.269. The van der Waals surface area contributed by atoms with Crippen LogP contribution in [0.3, 0.4) is 0 Å². The van der Waals surface area contributed by atoms with Gasteiger partial charge in [0.25, 0.3) is 0 Å². The van der Waals surface area contributed by atoms with E-state index in [9.17, 15) is 8.42 Å². The highest BCUT2D eigenvalue weighted by molar-refractivity contribution is 7.89. The molecule has 1 heterocycles. The number of sulfonamides is 1. The summed E-state index contributed by atoms with van der Waals surface area (Å²) >= 11 is 0. The molecular formula is C15H24N2O2S. The number of nitrogens with two attached hydrogens (primary N) is 1. The molecule has 0 aromatic heterocycles.